The highest BCUT2D eigenvalue weighted by Gasteiger charge is 2.19. The molecule has 26 heteroatoms. The number of likely N-dealkylation sites (tertiary alicyclic amines) is 3. The van der Waals surface area contributed by atoms with Gasteiger partial charge in [-0.15, -0.1) is 0 Å². The molecule has 26 nitrogen and oxygen atoms in total. The van der Waals surface area contributed by atoms with E-state index < -0.39 is 0 Å². The van der Waals surface area contributed by atoms with Crippen molar-refractivity contribution in [1.29, 1.82) is 0 Å². The number of nitrogens with zero attached hydrogens (tertiary/aromatic N) is 15. The van der Waals surface area contributed by atoms with Gasteiger partial charge in [-0.05, 0) is 172 Å². The van der Waals surface area contributed by atoms with Gasteiger partial charge >= 0.3 is 6.03 Å². The number of carbonyl (C=O) groups is 4. The molecule has 0 aliphatic carbocycles. The third kappa shape index (κ3) is 64.8. The van der Waals surface area contributed by atoms with Crippen LogP contribution in [0.2, 0.25) is 0 Å². The monoisotopic (exact) mass is 1490 g/mol. The van der Waals surface area contributed by atoms with Crippen molar-refractivity contribution < 1.29 is 33.4 Å². The third-order valence-electron chi connectivity index (χ3n) is 19.8. The van der Waals surface area contributed by atoms with Crippen LogP contribution in [0.4, 0.5) is 4.79 Å². The van der Waals surface area contributed by atoms with Gasteiger partial charge in [-0.3, -0.25) is 25.2 Å². The Balaban J connectivity index is -0.00000108. The summed E-state index contributed by atoms with van der Waals surface area (Å²) in [5, 5.41) is 9.34. The van der Waals surface area contributed by atoms with Crippen molar-refractivity contribution >= 4 is 23.6 Å². The number of likely N-dealkylation sites (N-methyl/N-ethyl adjacent to an activating group) is 9. The smallest absolute Gasteiger partial charge is 0.329 e. The van der Waals surface area contributed by atoms with Gasteiger partial charge < -0.3 is 88.5 Å². The van der Waals surface area contributed by atoms with E-state index in [1.165, 1.54) is 227 Å². The van der Waals surface area contributed by atoms with Crippen LogP contribution in [0.1, 0.15) is 140 Å². The number of hydrogen-bond acceptors (Lipinski definition) is 22. The van der Waals surface area contributed by atoms with Crippen molar-refractivity contribution in [2.75, 3.05) is 333 Å². The number of piperazine rings is 6. The van der Waals surface area contributed by atoms with E-state index in [-0.39, 0.29) is 31.1 Å². The fourth-order valence-electron chi connectivity index (χ4n) is 11.8. The molecule has 0 atom stereocenters. The Morgan fingerprint density at radius 2 is 0.692 bits per heavy atom. The predicted octanol–water partition coefficient (Wildman–Crippen LogP) is 5.44. The van der Waals surface area contributed by atoms with E-state index in [0.29, 0.717) is 25.7 Å². The second-order valence-corrected chi connectivity index (χ2v) is 28.7. The molecule has 0 bridgehead atoms. The first kappa shape index (κ1) is 105. The van der Waals surface area contributed by atoms with E-state index in [4.69, 9.17) is 4.74 Å². The largest absolute Gasteiger partial charge is 0.383 e. The van der Waals surface area contributed by atoms with Crippen molar-refractivity contribution in [3.8, 4) is 0 Å². The Hall–Kier alpha value is -3.10. The Morgan fingerprint density at radius 3 is 0.990 bits per heavy atom. The summed E-state index contributed by atoms with van der Waals surface area (Å²) in [6.45, 7) is 64.3. The molecule has 104 heavy (non-hydrogen) atoms. The summed E-state index contributed by atoms with van der Waals surface area (Å²) in [4.78, 5) is 73.6. The van der Waals surface area contributed by atoms with Crippen LogP contribution in [0.3, 0.4) is 0 Å². The highest BCUT2D eigenvalue weighted by molar-refractivity contribution is 5.88. The van der Waals surface area contributed by atoms with Crippen molar-refractivity contribution in [2.45, 2.75) is 146 Å². The van der Waals surface area contributed by atoms with E-state index in [1.807, 2.05) is 16.9 Å². The first-order valence-electron chi connectivity index (χ1n) is 40.3. The number of allylic oxidation sites excluding steroid dienone is 1. The minimum absolute atomic E-state index is 0. The number of amides is 4. The highest BCUT2D eigenvalue weighted by atomic mass is 16.5. The summed E-state index contributed by atoms with van der Waals surface area (Å²) >= 11 is 0. The van der Waals surface area contributed by atoms with Crippen LogP contribution in [0.15, 0.2) is 12.7 Å². The summed E-state index contributed by atoms with van der Waals surface area (Å²) in [7, 11) is 21.7. The van der Waals surface area contributed by atoms with Crippen LogP contribution in [0, 0.1) is 0 Å². The van der Waals surface area contributed by atoms with E-state index in [2.05, 4.69) is 185 Å². The average molecular weight is 1490 g/mol. The van der Waals surface area contributed by atoms with Gasteiger partial charge in [0.1, 0.15) is 0 Å². The lowest BCUT2D eigenvalue weighted by Gasteiger charge is -2.33. The molecule has 620 valence electrons. The highest BCUT2D eigenvalue weighted by Crippen LogP contribution is 2.10. The van der Waals surface area contributed by atoms with Gasteiger partial charge in [0.2, 0.25) is 11.8 Å². The SMILES string of the molecule is C.C=CC(=O)CC.CC(=O)NC1CCN(C)CC1.CC(=O)NN1CCN(C)CC1.CCCCCN1CCN(C)CC1.CCN1CCCCC1.CCN1CCN(C)CC1.CCN1CCN(CC)CC1.CN1CCN(C)CC1.CNC(=O)NN1CCN(C)CC1.COCCN1CCCCC1.COCCOC. The van der Waals surface area contributed by atoms with Crippen LogP contribution >= 0.6 is 0 Å². The van der Waals surface area contributed by atoms with E-state index in [9.17, 15) is 19.2 Å². The zero-order valence-electron chi connectivity index (χ0n) is 70.5. The number of rotatable bonds is 19. The summed E-state index contributed by atoms with van der Waals surface area (Å²) in [5.74, 6) is 0.226. The fourth-order valence-corrected chi connectivity index (χ4v) is 11.8. The molecule has 4 N–H and O–H groups in total. The van der Waals surface area contributed by atoms with Gasteiger partial charge in [-0.25, -0.2) is 14.8 Å². The Kier molecular flexibility index (Phi) is 73.5. The maximum absolute atomic E-state index is 10.9. The number of methoxy groups -OCH3 is 3. The molecule has 9 aliphatic heterocycles. The zero-order chi connectivity index (χ0) is 77.3. The van der Waals surface area contributed by atoms with Crippen LogP contribution in [-0.4, -0.2) is 437 Å². The first-order valence-corrected chi connectivity index (χ1v) is 40.3. The molecule has 0 unspecified atom stereocenters. The number of unbranched alkanes of at least 4 members (excludes halogenated alkanes) is 2. The molecule has 0 spiro atoms. The zero-order valence-corrected chi connectivity index (χ0v) is 70.5. The molecule has 0 aromatic rings. The summed E-state index contributed by atoms with van der Waals surface area (Å²) < 4.78 is 14.3. The molecule has 4 amide bonds. The molecule has 0 saturated carbocycles. The Bertz CT molecular complexity index is 1840. The van der Waals surface area contributed by atoms with Crippen molar-refractivity contribution in [1.82, 2.24) is 95.2 Å². The predicted molar refractivity (Wildman–Crippen MR) is 440 cm³/mol. The van der Waals surface area contributed by atoms with Crippen LogP contribution in [0.25, 0.3) is 0 Å². The quantitative estimate of drug-likeness (QED) is 0.0943. The molecule has 0 aromatic carbocycles. The fraction of sp³-hybridized carbons (Fsp3) is 0.923. The molecule has 9 rings (SSSR count). The molecular weight excluding hydrogens is 1310 g/mol. The molecule has 9 heterocycles. The number of carbonyl (C=O) groups excluding carboxylic acids is 4. The lowest BCUT2D eigenvalue weighted by molar-refractivity contribution is -0.124. The number of hydrazine groups is 2. The molecule has 9 saturated heterocycles. The molecule has 0 aromatic heterocycles. The van der Waals surface area contributed by atoms with Gasteiger partial charge in [0.25, 0.3) is 0 Å². The molecule has 9 aliphatic rings. The maximum Gasteiger partial charge on any atom is 0.329 e. The molecular formula is C78H171N19O7. The van der Waals surface area contributed by atoms with E-state index in [0.717, 1.165) is 91.4 Å². The normalized spacial score (nSPS) is 20.6. The number of ketones is 1. The van der Waals surface area contributed by atoms with Gasteiger partial charge in [-0.1, -0.05) is 81.2 Å². The lowest BCUT2D eigenvalue weighted by atomic mass is 10.1. The number of ether oxygens (including phenoxy) is 3. The van der Waals surface area contributed by atoms with E-state index in [1.54, 1.807) is 42.2 Å². The Labute approximate surface area is 641 Å². The number of hydrogen-bond donors (Lipinski definition) is 4. The average Bonchev–Trinajstić information content (AvgIpc) is 1.04. The minimum atomic E-state index is -0.139. The maximum atomic E-state index is 10.9. The summed E-state index contributed by atoms with van der Waals surface area (Å²) in [6.07, 6.45) is 16.7. The summed E-state index contributed by atoms with van der Waals surface area (Å²) in [5.41, 5.74) is 5.52. The van der Waals surface area contributed by atoms with Gasteiger partial charge in [0.05, 0.1) is 19.8 Å². The molecule has 0 radical (unpaired) electrons. The first-order chi connectivity index (χ1) is 49.5. The number of piperidine rings is 3. The third-order valence-corrected chi connectivity index (χ3v) is 19.8. The van der Waals surface area contributed by atoms with Gasteiger partial charge in [-0.2, -0.15) is 0 Å². The van der Waals surface area contributed by atoms with Gasteiger partial charge in [0, 0.05) is 218 Å². The van der Waals surface area contributed by atoms with E-state index >= 15 is 0 Å². The summed E-state index contributed by atoms with van der Waals surface area (Å²) in [6, 6.07) is 0.281. The topological polar surface area (TPSA) is 193 Å². The number of nitrogens with one attached hydrogen (secondary N) is 4. The second-order valence-electron chi connectivity index (χ2n) is 28.7. The van der Waals surface area contributed by atoms with Crippen molar-refractivity contribution in [3.05, 3.63) is 12.7 Å². The van der Waals surface area contributed by atoms with Crippen molar-refractivity contribution in [2.24, 2.45) is 0 Å². The van der Waals surface area contributed by atoms with Crippen LogP contribution in [-0.2, 0) is 28.6 Å². The lowest BCUT2D eigenvalue weighted by Crippen LogP contribution is -2.54. The molecule has 9 fully saturated rings. The van der Waals surface area contributed by atoms with Crippen molar-refractivity contribution in [3.63, 3.8) is 0 Å². The second kappa shape index (κ2) is 72.7. The Morgan fingerprint density at radius 1 is 0.385 bits per heavy atom. The van der Waals surface area contributed by atoms with Gasteiger partial charge in [0.15, 0.2) is 5.78 Å². The number of urea groups is 1. The minimum Gasteiger partial charge on any atom is -0.383 e. The van der Waals surface area contributed by atoms with Crippen LogP contribution in [0.5, 0.6) is 0 Å². The standard InChI is InChI=1S/C10H22N2.C8H16N2O.C8H18N2.C8H17NO.C7H16N4O.C7H15N3O.C7H16N2.C7H15N.C6H14N2.C5H8O.C4H10O2.CH4/c1-3-4-5-6-12-9-7-11(2)8-10-12;1-7(11)9-8-3-5-10(2)6-4-8;1-3-9-5-7-10(4-2)8-6-9;1-10-8-7-9-5-3-2-4-6-9;1-8-7(12)9-11-5-3-10(2)4-6-11;1-7(11)8-10-5-3-9(2)4-6-10;1-3-9-6-4-8(2)5-7-9;1-2-8-6-4-3-5-7-8;1-7-3-5-8(2)6-4-7;1-3-5(6)4-2;1-5-3-4-6-2;/h3-10H2,1-2H3;8H,3-6H2,1-2H3,(H,9,11);3-8H2,1-2H3;2-8H2,1H3;3-6H2,1-2H3,(H2,8,9,12);3-6H2,1-2H3,(H,8,11);3-7H2,1-2H3;2-7H2,1H3;3-6H2,1-2H3;3H,1,4H2,2H3;3-4H2,1-2H3;1H4. The van der Waals surface area contributed by atoms with Crippen LogP contribution < -0.4 is 21.5 Å².